The molecule has 1 aromatic heterocycles. The van der Waals surface area contributed by atoms with E-state index in [-0.39, 0.29) is 17.2 Å². The number of aryl methyl sites for hydroxylation is 1. The number of anilines is 2. The summed E-state index contributed by atoms with van der Waals surface area (Å²) in [6, 6.07) is 17.3. The van der Waals surface area contributed by atoms with Crippen molar-refractivity contribution in [1.82, 2.24) is 14.8 Å². The monoisotopic (exact) mass is 557 g/mol. The van der Waals surface area contributed by atoms with E-state index in [1.165, 1.54) is 5.56 Å². The number of pyridine rings is 1. The van der Waals surface area contributed by atoms with Gasteiger partial charge >= 0.3 is 0 Å². The van der Waals surface area contributed by atoms with Crippen LogP contribution in [0.25, 0.3) is 0 Å². The van der Waals surface area contributed by atoms with Gasteiger partial charge in [0.15, 0.2) is 0 Å². The maximum absolute atomic E-state index is 13.4. The van der Waals surface area contributed by atoms with Crippen LogP contribution < -0.4 is 15.4 Å². The highest BCUT2D eigenvalue weighted by molar-refractivity contribution is 6.05. The molecule has 2 N–H and O–H groups in total. The molecule has 0 saturated carbocycles. The van der Waals surface area contributed by atoms with E-state index in [0.29, 0.717) is 35.8 Å². The third-order valence-electron chi connectivity index (χ3n) is 7.62. The number of piperidine rings is 1. The summed E-state index contributed by atoms with van der Waals surface area (Å²) in [4.78, 5) is 34.9. The molecule has 1 aliphatic heterocycles. The predicted molar refractivity (Wildman–Crippen MR) is 165 cm³/mol. The Morgan fingerprint density at radius 1 is 1.02 bits per heavy atom. The van der Waals surface area contributed by atoms with E-state index in [4.69, 9.17) is 4.74 Å². The smallest absolute Gasteiger partial charge is 0.257 e. The number of hydrogen-bond acceptors (Lipinski definition) is 6. The Bertz CT molecular complexity index is 1330. The van der Waals surface area contributed by atoms with E-state index in [2.05, 4.69) is 60.6 Å². The normalized spacial score (nSPS) is 14.2. The summed E-state index contributed by atoms with van der Waals surface area (Å²) < 4.78 is 5.27. The van der Waals surface area contributed by atoms with Crippen LogP contribution in [0.4, 0.5) is 11.5 Å². The first-order valence-corrected chi connectivity index (χ1v) is 14.2. The van der Waals surface area contributed by atoms with Crippen LogP contribution in [0.15, 0.2) is 60.8 Å². The van der Waals surface area contributed by atoms with E-state index in [9.17, 15) is 9.59 Å². The molecule has 0 aliphatic carbocycles. The van der Waals surface area contributed by atoms with Crippen molar-refractivity contribution >= 4 is 23.3 Å². The molecular formula is C33H43N5O3. The van der Waals surface area contributed by atoms with Crippen LogP contribution in [0.2, 0.25) is 0 Å². The number of aromatic nitrogens is 1. The van der Waals surface area contributed by atoms with Crippen molar-refractivity contribution in [2.75, 3.05) is 58.0 Å². The molecule has 1 aliphatic rings. The highest BCUT2D eigenvalue weighted by Gasteiger charge is 2.25. The number of nitrogens with one attached hydrogen (secondary N) is 2. The maximum Gasteiger partial charge on any atom is 0.257 e. The zero-order valence-electron chi connectivity index (χ0n) is 25.2. The van der Waals surface area contributed by atoms with Gasteiger partial charge < -0.3 is 25.2 Å². The van der Waals surface area contributed by atoms with Crippen LogP contribution in [-0.4, -0.2) is 74.0 Å². The first-order chi connectivity index (χ1) is 19.5. The Hall–Kier alpha value is -3.91. The van der Waals surface area contributed by atoms with Gasteiger partial charge in [0.05, 0.1) is 12.7 Å². The van der Waals surface area contributed by atoms with Crippen molar-refractivity contribution in [2.45, 2.75) is 39.5 Å². The van der Waals surface area contributed by atoms with Gasteiger partial charge in [0.25, 0.3) is 11.8 Å². The Morgan fingerprint density at radius 3 is 2.32 bits per heavy atom. The second-order valence-corrected chi connectivity index (χ2v) is 12.0. The lowest BCUT2D eigenvalue weighted by Gasteiger charge is -2.32. The average Bonchev–Trinajstić information content (AvgIpc) is 2.96. The van der Waals surface area contributed by atoms with E-state index in [1.54, 1.807) is 25.4 Å². The molecule has 2 aromatic carbocycles. The molecule has 1 fully saturated rings. The summed E-state index contributed by atoms with van der Waals surface area (Å²) in [5.74, 6) is 1.74. The van der Waals surface area contributed by atoms with Gasteiger partial charge in [-0.25, -0.2) is 4.98 Å². The number of ether oxygens (including phenoxy) is 1. The average molecular weight is 558 g/mol. The van der Waals surface area contributed by atoms with Crippen molar-refractivity contribution in [3.8, 4) is 5.75 Å². The lowest BCUT2D eigenvalue weighted by molar-refractivity contribution is 0.0712. The van der Waals surface area contributed by atoms with Gasteiger partial charge in [-0.2, -0.15) is 0 Å². The topological polar surface area (TPSA) is 86.8 Å². The fourth-order valence-electron chi connectivity index (χ4n) is 5.43. The molecule has 0 radical (unpaired) electrons. The Balaban J connectivity index is 1.34. The highest BCUT2D eigenvalue weighted by atomic mass is 16.5. The van der Waals surface area contributed by atoms with Gasteiger partial charge in [-0.05, 0) is 92.7 Å². The molecule has 1 saturated heterocycles. The summed E-state index contributed by atoms with van der Waals surface area (Å²) in [7, 11) is 5.80. The molecule has 41 heavy (non-hydrogen) atoms. The molecular weight excluding hydrogens is 514 g/mol. The van der Waals surface area contributed by atoms with E-state index in [0.717, 1.165) is 43.1 Å². The minimum Gasteiger partial charge on any atom is -0.497 e. The first-order valence-electron chi connectivity index (χ1n) is 14.2. The maximum atomic E-state index is 13.4. The van der Waals surface area contributed by atoms with Crippen molar-refractivity contribution in [2.24, 2.45) is 5.41 Å². The minimum atomic E-state index is -0.259. The number of methoxy groups -OCH3 is 1. The zero-order valence-corrected chi connectivity index (χ0v) is 25.2. The van der Waals surface area contributed by atoms with Gasteiger partial charge in [0.1, 0.15) is 11.6 Å². The minimum absolute atomic E-state index is 0.0111. The standard InChI is InChI=1S/C33H43N5O3/c1-23-7-8-26(32(40)38-17-15-25(16-18-38)24-9-12-28(41-6)13-10-24)19-29(23)36-31(39)27-11-14-30(34-20-27)35-21-33(2,3)22-37(4)5/h7-14,19-20,25H,15-18,21-22H2,1-6H3,(H,34,35)(H,36,39). The number of rotatable bonds is 10. The summed E-state index contributed by atoms with van der Waals surface area (Å²) in [5, 5.41) is 6.34. The summed E-state index contributed by atoms with van der Waals surface area (Å²) >= 11 is 0. The molecule has 0 bridgehead atoms. The quantitative estimate of drug-likeness (QED) is 0.334. The lowest BCUT2D eigenvalue weighted by Crippen LogP contribution is -2.38. The van der Waals surface area contributed by atoms with Gasteiger partial charge in [-0.15, -0.1) is 0 Å². The number of amides is 2. The predicted octanol–water partition coefficient (Wildman–Crippen LogP) is 5.67. The van der Waals surface area contributed by atoms with Gasteiger partial charge in [0.2, 0.25) is 0 Å². The van der Waals surface area contributed by atoms with E-state index < -0.39 is 0 Å². The summed E-state index contributed by atoms with van der Waals surface area (Å²) in [5.41, 5.74) is 3.91. The van der Waals surface area contributed by atoms with Gasteiger partial charge in [0, 0.05) is 43.6 Å². The van der Waals surface area contributed by atoms with Crippen LogP contribution >= 0.6 is 0 Å². The second-order valence-electron chi connectivity index (χ2n) is 12.0. The molecule has 0 unspecified atom stereocenters. The third kappa shape index (κ3) is 8.07. The number of benzene rings is 2. The van der Waals surface area contributed by atoms with Gasteiger partial charge in [-0.1, -0.05) is 32.0 Å². The fraction of sp³-hybridized carbons (Fsp3) is 0.424. The molecule has 4 rings (SSSR count). The van der Waals surface area contributed by atoms with E-state index >= 15 is 0 Å². The van der Waals surface area contributed by atoms with Crippen LogP contribution in [-0.2, 0) is 0 Å². The summed E-state index contributed by atoms with van der Waals surface area (Å²) in [6.45, 7) is 9.44. The zero-order chi connectivity index (χ0) is 29.6. The first kappa shape index (κ1) is 30.1. The Morgan fingerprint density at radius 2 is 1.71 bits per heavy atom. The number of likely N-dealkylation sites (tertiary alicyclic amines) is 1. The lowest BCUT2D eigenvalue weighted by atomic mass is 9.89. The molecule has 3 aromatic rings. The van der Waals surface area contributed by atoms with Crippen molar-refractivity contribution in [3.63, 3.8) is 0 Å². The van der Waals surface area contributed by atoms with Crippen LogP contribution in [0.3, 0.4) is 0 Å². The largest absolute Gasteiger partial charge is 0.497 e. The Kier molecular flexibility index (Phi) is 9.65. The number of carbonyl (C=O) groups is 2. The molecule has 0 spiro atoms. The SMILES string of the molecule is COc1ccc(C2CCN(C(=O)c3ccc(C)c(NC(=O)c4ccc(NCC(C)(C)CN(C)C)nc4)c3)CC2)cc1. The molecule has 8 heteroatoms. The number of nitrogens with zero attached hydrogens (tertiary/aromatic N) is 3. The van der Waals surface area contributed by atoms with Crippen LogP contribution in [0, 0.1) is 12.3 Å². The summed E-state index contributed by atoms with van der Waals surface area (Å²) in [6.07, 6.45) is 3.41. The molecule has 2 heterocycles. The van der Waals surface area contributed by atoms with Crippen molar-refractivity contribution < 1.29 is 14.3 Å². The molecule has 218 valence electrons. The molecule has 0 atom stereocenters. The second kappa shape index (κ2) is 13.2. The number of hydrogen-bond donors (Lipinski definition) is 2. The van der Waals surface area contributed by atoms with Crippen LogP contribution in [0.5, 0.6) is 5.75 Å². The highest BCUT2D eigenvalue weighted by Crippen LogP contribution is 2.30. The Labute approximate surface area is 244 Å². The fourth-order valence-corrected chi connectivity index (χ4v) is 5.43. The van der Waals surface area contributed by atoms with Gasteiger partial charge in [-0.3, -0.25) is 9.59 Å². The molecule has 8 nitrogen and oxygen atoms in total. The number of carbonyl (C=O) groups excluding carboxylic acids is 2. The van der Waals surface area contributed by atoms with Crippen molar-refractivity contribution in [1.29, 1.82) is 0 Å². The van der Waals surface area contributed by atoms with E-state index in [1.807, 2.05) is 42.2 Å². The van der Waals surface area contributed by atoms with Crippen LogP contribution in [0.1, 0.15) is 64.4 Å². The van der Waals surface area contributed by atoms with Crippen molar-refractivity contribution in [3.05, 3.63) is 83.0 Å². The third-order valence-corrected chi connectivity index (χ3v) is 7.62. The molecule has 2 amide bonds.